The van der Waals surface area contributed by atoms with Crippen LogP contribution in [0.1, 0.15) is 65.7 Å². The molecule has 11 nitrogen and oxygen atoms in total. The van der Waals surface area contributed by atoms with Crippen LogP contribution in [0.25, 0.3) is 21.3 Å². The van der Waals surface area contributed by atoms with Gasteiger partial charge < -0.3 is 35.5 Å². The summed E-state index contributed by atoms with van der Waals surface area (Å²) in [7, 11) is 1.52. The van der Waals surface area contributed by atoms with Crippen LogP contribution < -0.4 is 11.1 Å². The van der Waals surface area contributed by atoms with Gasteiger partial charge in [0.25, 0.3) is 0 Å². The summed E-state index contributed by atoms with van der Waals surface area (Å²) in [4.78, 5) is 62.0. The molecule has 43 heavy (non-hydrogen) atoms. The number of H-pyrrole nitrogens is 1. The van der Waals surface area contributed by atoms with Crippen LogP contribution in [0.15, 0.2) is 42.9 Å². The average molecular weight is 631 g/mol. The summed E-state index contributed by atoms with van der Waals surface area (Å²) in [5, 5.41) is 4.05. The van der Waals surface area contributed by atoms with Crippen molar-refractivity contribution >= 4 is 59.9 Å². The van der Waals surface area contributed by atoms with Gasteiger partial charge in [0.1, 0.15) is 6.79 Å². The highest BCUT2D eigenvalue weighted by Gasteiger charge is 2.28. The molecule has 1 aromatic carbocycles. The molecule has 0 aliphatic carbocycles. The van der Waals surface area contributed by atoms with Crippen LogP contribution >= 0.6 is 19.7 Å². The van der Waals surface area contributed by atoms with Crippen LogP contribution in [-0.2, 0) is 22.3 Å². The van der Waals surface area contributed by atoms with E-state index < -0.39 is 8.38 Å². The summed E-state index contributed by atoms with van der Waals surface area (Å²) in [6.07, 6.45) is 12.8. The van der Waals surface area contributed by atoms with Crippen molar-refractivity contribution < 1.29 is 24.2 Å². The lowest BCUT2D eigenvalue weighted by atomic mass is 10.0. The van der Waals surface area contributed by atoms with Crippen molar-refractivity contribution in [1.29, 1.82) is 0 Å². The van der Waals surface area contributed by atoms with Gasteiger partial charge in [-0.1, -0.05) is 18.9 Å². The fourth-order valence-corrected chi connectivity index (χ4v) is 6.43. The highest BCUT2D eigenvalue weighted by molar-refractivity contribution is 7.44. The number of hydrogen-bond acceptors (Lipinski definition) is 10. The summed E-state index contributed by atoms with van der Waals surface area (Å²) in [5.41, 5.74) is 8.31. The largest absolute Gasteiger partial charge is 0.350 e. The van der Waals surface area contributed by atoms with Crippen molar-refractivity contribution in [1.82, 2.24) is 25.2 Å². The maximum absolute atomic E-state index is 11.6. The van der Waals surface area contributed by atoms with E-state index in [0.29, 0.717) is 16.8 Å². The van der Waals surface area contributed by atoms with E-state index in [-0.39, 0.29) is 6.16 Å². The Hall–Kier alpha value is -3.12. The average Bonchev–Trinajstić information content (AvgIpc) is 3.78. The number of fused-ring (bicyclic) bond motifs is 3. The zero-order valence-corrected chi connectivity index (χ0v) is 26.6. The number of aromatic nitrogens is 3. The van der Waals surface area contributed by atoms with Crippen molar-refractivity contribution in [3.8, 4) is 0 Å². The number of aldehydes is 1. The Kier molecular flexibility index (Phi) is 16.7. The molecule has 3 aromatic heterocycles. The van der Waals surface area contributed by atoms with Gasteiger partial charge in [0.05, 0.1) is 16.7 Å². The smallest absolute Gasteiger partial charge is 0.222 e. The second kappa shape index (κ2) is 20.0. The monoisotopic (exact) mass is 630 g/mol. The Labute approximate surface area is 257 Å². The quantitative estimate of drug-likeness (QED) is 0.157. The summed E-state index contributed by atoms with van der Waals surface area (Å²) >= 11 is 1.44. The Morgan fingerprint density at radius 1 is 1.12 bits per heavy atom. The molecule has 0 spiro atoms. The van der Waals surface area contributed by atoms with Gasteiger partial charge in [-0.15, -0.1) is 11.3 Å². The summed E-state index contributed by atoms with van der Waals surface area (Å²) < 4.78 is 1.04. The van der Waals surface area contributed by atoms with Gasteiger partial charge in [0, 0.05) is 42.6 Å². The number of amides is 1. The molecular weight excluding hydrogens is 587 g/mol. The first-order chi connectivity index (χ1) is 21.0. The number of benzene rings is 1. The molecule has 0 saturated carbocycles. The fraction of sp³-hybridized carbons (Fsp3) is 0.433. The van der Waals surface area contributed by atoms with Crippen LogP contribution in [-0.4, -0.2) is 75.3 Å². The normalized spacial score (nSPS) is 15.8. The number of hydrogen-bond donors (Lipinski definition) is 5. The van der Waals surface area contributed by atoms with Gasteiger partial charge in [0.15, 0.2) is 20.3 Å². The summed E-state index contributed by atoms with van der Waals surface area (Å²) in [6, 6.07) is 10.1. The second-order valence-electron chi connectivity index (χ2n) is 9.80. The van der Waals surface area contributed by atoms with Crippen molar-refractivity contribution in [2.75, 3.05) is 20.6 Å². The number of nitrogens with zero attached hydrogens (tertiary/aromatic N) is 3. The molecule has 0 bridgehead atoms. The Balaban J connectivity index is 0.000000214. The highest BCUT2D eigenvalue weighted by Crippen LogP contribution is 2.32. The van der Waals surface area contributed by atoms with E-state index in [9.17, 15) is 9.59 Å². The maximum Gasteiger partial charge on any atom is 0.222 e. The minimum absolute atomic E-state index is 0.275. The number of nitrogens with two attached hydrogens (primary N) is 1. The number of thiophene rings is 1. The predicted octanol–water partition coefficient (Wildman–Crippen LogP) is 4.52. The molecule has 2 fully saturated rings. The minimum Gasteiger partial charge on any atom is -0.350 e. The molecule has 2 saturated heterocycles. The van der Waals surface area contributed by atoms with Crippen LogP contribution in [0.3, 0.4) is 0 Å². The van der Waals surface area contributed by atoms with E-state index in [4.69, 9.17) is 14.6 Å². The molecule has 2 aliphatic rings. The zero-order valence-electron chi connectivity index (χ0n) is 24.9. The van der Waals surface area contributed by atoms with Gasteiger partial charge in [0.2, 0.25) is 5.91 Å². The first-order valence-corrected chi connectivity index (χ1v) is 16.4. The van der Waals surface area contributed by atoms with Crippen LogP contribution in [0.2, 0.25) is 0 Å². The lowest BCUT2D eigenvalue weighted by molar-refractivity contribution is -0.132. The van der Waals surface area contributed by atoms with E-state index in [2.05, 4.69) is 30.9 Å². The lowest BCUT2D eigenvalue weighted by Gasteiger charge is -2.26. The van der Waals surface area contributed by atoms with E-state index in [0.717, 1.165) is 64.6 Å². The molecule has 234 valence electrons. The third-order valence-corrected chi connectivity index (χ3v) is 8.57. The molecule has 5 heterocycles. The lowest BCUT2D eigenvalue weighted by Crippen LogP contribution is -2.36. The van der Waals surface area contributed by atoms with E-state index in [1.807, 2.05) is 50.4 Å². The van der Waals surface area contributed by atoms with E-state index >= 15 is 0 Å². The van der Waals surface area contributed by atoms with E-state index in [1.165, 1.54) is 50.5 Å². The first kappa shape index (κ1) is 36.1. The standard InChI is InChI=1S/C10H17NO.C10H9O3PS.C8H10N4.CH5N.CH2O/c12-10-7-3-1-2-5-9-6-4-8-11(9)10;11-5-9-4-8-3-7(6-14(12)13)1-2-10(8)15-9;1-9-3-6-2-7-8(10-4-6)12-5-11-7;2*1-2/h9H,1-8H2;1-5,12-13H,6H2;2,4-5,9H,3H2,1H3,(H,10,11,12);2H2,1H3;1H2. The van der Waals surface area contributed by atoms with Crippen LogP contribution in [0.4, 0.5) is 0 Å². The number of nitrogens with one attached hydrogen (secondary N) is 2. The molecule has 0 radical (unpaired) electrons. The topological polar surface area (TPSA) is 175 Å². The van der Waals surface area contributed by atoms with Gasteiger partial charge in [-0.05, 0) is 80.6 Å². The molecule has 2 aliphatic heterocycles. The van der Waals surface area contributed by atoms with Gasteiger partial charge in [-0.2, -0.15) is 0 Å². The molecular formula is C30H43N6O5PS. The molecule has 6 rings (SSSR count). The summed E-state index contributed by atoms with van der Waals surface area (Å²) in [5.74, 6) is 0.414. The molecule has 1 atom stereocenters. The van der Waals surface area contributed by atoms with Crippen molar-refractivity contribution in [3.05, 3.63) is 58.9 Å². The van der Waals surface area contributed by atoms with Crippen LogP contribution in [0, 0.1) is 0 Å². The maximum atomic E-state index is 11.6. The first-order valence-electron chi connectivity index (χ1n) is 14.2. The predicted molar refractivity (Wildman–Crippen MR) is 174 cm³/mol. The highest BCUT2D eigenvalue weighted by atomic mass is 32.1. The molecule has 6 N–H and O–H groups in total. The Bertz CT molecular complexity index is 1400. The SMILES string of the molecule is C=O.CN.CNCc1cnc2nc[nH]c2c1.O=C1CCCCCC2CCCN12.O=Cc1cc2cc(CP(O)O)ccc2s1. The molecule has 1 amide bonds. The van der Waals surface area contributed by atoms with Crippen molar-refractivity contribution in [2.24, 2.45) is 5.73 Å². The van der Waals surface area contributed by atoms with Gasteiger partial charge in [-0.3, -0.25) is 9.59 Å². The number of aromatic amines is 1. The minimum atomic E-state index is -1.90. The summed E-state index contributed by atoms with van der Waals surface area (Å²) in [6.45, 7) is 3.87. The van der Waals surface area contributed by atoms with E-state index in [1.54, 1.807) is 6.33 Å². The third kappa shape index (κ3) is 11.5. The number of imidazole rings is 1. The molecule has 4 aromatic rings. The fourth-order valence-electron chi connectivity index (χ4n) is 5.05. The Morgan fingerprint density at radius 3 is 2.60 bits per heavy atom. The molecule has 1 unspecified atom stereocenters. The van der Waals surface area contributed by atoms with Crippen molar-refractivity contribution in [3.63, 3.8) is 0 Å². The number of carbonyl (C=O) groups excluding carboxylic acids is 3. The number of carbonyl (C=O) groups is 3. The Morgan fingerprint density at radius 2 is 1.88 bits per heavy atom. The van der Waals surface area contributed by atoms with Crippen LogP contribution in [0.5, 0.6) is 0 Å². The molecule has 13 heteroatoms. The number of pyridine rings is 1. The number of rotatable bonds is 5. The van der Waals surface area contributed by atoms with Gasteiger partial charge in [-0.25, -0.2) is 9.97 Å². The van der Waals surface area contributed by atoms with Gasteiger partial charge >= 0.3 is 0 Å². The second-order valence-corrected chi connectivity index (χ2v) is 12.0. The van der Waals surface area contributed by atoms with Crippen molar-refractivity contribution in [2.45, 2.75) is 63.7 Å². The zero-order chi connectivity index (χ0) is 31.6. The third-order valence-electron chi connectivity index (χ3n) is 6.88.